The van der Waals surface area contributed by atoms with Crippen LogP contribution >= 0.6 is 11.3 Å². The molecule has 5 nitrogen and oxygen atoms in total. The Morgan fingerprint density at radius 2 is 1.72 bits per heavy atom. The van der Waals surface area contributed by atoms with E-state index < -0.39 is 0 Å². The van der Waals surface area contributed by atoms with Crippen LogP contribution in [0.25, 0.3) is 0 Å². The molecule has 0 radical (unpaired) electrons. The largest absolute Gasteiger partial charge is 0.497 e. The number of benzene rings is 1. The van der Waals surface area contributed by atoms with E-state index in [0.29, 0.717) is 0 Å². The minimum absolute atomic E-state index is 0.755. The maximum Gasteiger partial charge on any atom is 0.119 e. The van der Waals surface area contributed by atoms with Gasteiger partial charge in [0.25, 0.3) is 0 Å². The Labute approximate surface area is 154 Å². The molecule has 3 rings (SSSR count). The summed E-state index contributed by atoms with van der Waals surface area (Å²) in [5, 5.41) is 3.34. The molecule has 1 fully saturated rings. The van der Waals surface area contributed by atoms with Crippen LogP contribution in [-0.4, -0.2) is 61.2 Å². The highest BCUT2D eigenvalue weighted by Crippen LogP contribution is 2.17. The normalized spacial score (nSPS) is 16.1. The third-order valence-electron chi connectivity index (χ3n) is 4.46. The monoisotopic (exact) mass is 361 g/mol. The topological polar surface area (TPSA) is 37.8 Å². The maximum atomic E-state index is 5.80. The summed E-state index contributed by atoms with van der Waals surface area (Å²) < 4.78 is 11.0. The number of piperazine rings is 1. The minimum atomic E-state index is 0.755. The number of methoxy groups -OCH3 is 1. The van der Waals surface area contributed by atoms with Gasteiger partial charge in [0.1, 0.15) is 11.5 Å². The molecule has 0 saturated carbocycles. The van der Waals surface area contributed by atoms with Gasteiger partial charge in [0.2, 0.25) is 0 Å². The van der Waals surface area contributed by atoms with Crippen LogP contribution in [0.3, 0.4) is 0 Å². The summed E-state index contributed by atoms with van der Waals surface area (Å²) in [6.07, 6.45) is 1.05. The molecule has 1 saturated heterocycles. The molecule has 0 spiro atoms. The van der Waals surface area contributed by atoms with Crippen molar-refractivity contribution in [3.63, 3.8) is 0 Å². The lowest BCUT2D eigenvalue weighted by Crippen LogP contribution is -2.46. The molecular formula is C19H27N3O2S. The average molecular weight is 362 g/mol. The third-order valence-corrected chi connectivity index (χ3v) is 5.29. The SMILES string of the molecule is COc1ccc(OCCCN2CCN(Cc3csc(C)n3)CC2)cc1. The van der Waals surface area contributed by atoms with Gasteiger partial charge in [-0.25, -0.2) is 4.98 Å². The summed E-state index contributed by atoms with van der Waals surface area (Å²) in [6, 6.07) is 7.77. The fourth-order valence-electron chi connectivity index (χ4n) is 3.03. The van der Waals surface area contributed by atoms with E-state index in [4.69, 9.17) is 9.47 Å². The van der Waals surface area contributed by atoms with Crippen LogP contribution < -0.4 is 9.47 Å². The van der Waals surface area contributed by atoms with Gasteiger partial charge in [-0.2, -0.15) is 0 Å². The van der Waals surface area contributed by atoms with E-state index in [1.54, 1.807) is 18.4 Å². The van der Waals surface area contributed by atoms with Crippen LogP contribution in [0.15, 0.2) is 29.6 Å². The number of aromatic nitrogens is 1. The Bertz CT molecular complexity index is 636. The molecule has 2 heterocycles. The molecule has 2 aromatic rings. The molecule has 0 N–H and O–H groups in total. The summed E-state index contributed by atoms with van der Waals surface area (Å²) in [7, 11) is 1.67. The summed E-state index contributed by atoms with van der Waals surface area (Å²) in [5.74, 6) is 1.77. The predicted octanol–water partition coefficient (Wildman–Crippen LogP) is 3.05. The zero-order valence-electron chi connectivity index (χ0n) is 15.1. The van der Waals surface area contributed by atoms with Crippen molar-refractivity contribution in [2.24, 2.45) is 0 Å². The van der Waals surface area contributed by atoms with E-state index in [2.05, 4.69) is 27.1 Å². The van der Waals surface area contributed by atoms with Crippen molar-refractivity contribution in [2.75, 3.05) is 46.4 Å². The number of aryl methyl sites for hydroxylation is 1. The molecular weight excluding hydrogens is 334 g/mol. The van der Waals surface area contributed by atoms with Crippen molar-refractivity contribution >= 4 is 11.3 Å². The Kier molecular flexibility index (Phi) is 6.67. The molecule has 136 valence electrons. The molecule has 0 unspecified atom stereocenters. The van der Waals surface area contributed by atoms with Gasteiger partial charge >= 0.3 is 0 Å². The molecule has 0 bridgehead atoms. The van der Waals surface area contributed by atoms with Crippen LogP contribution in [0.4, 0.5) is 0 Å². The van der Waals surface area contributed by atoms with Crippen molar-refractivity contribution in [2.45, 2.75) is 19.9 Å². The van der Waals surface area contributed by atoms with Gasteiger partial charge in [-0.05, 0) is 37.6 Å². The molecule has 0 amide bonds. The molecule has 0 atom stereocenters. The van der Waals surface area contributed by atoms with Crippen LogP contribution in [0, 0.1) is 6.92 Å². The highest BCUT2D eigenvalue weighted by atomic mass is 32.1. The lowest BCUT2D eigenvalue weighted by molar-refractivity contribution is 0.120. The summed E-state index contributed by atoms with van der Waals surface area (Å²) in [5.41, 5.74) is 1.21. The third kappa shape index (κ3) is 5.70. The van der Waals surface area contributed by atoms with E-state index in [9.17, 15) is 0 Å². The van der Waals surface area contributed by atoms with E-state index in [1.807, 2.05) is 24.3 Å². The molecule has 1 aromatic heterocycles. The quantitative estimate of drug-likeness (QED) is 0.676. The van der Waals surface area contributed by atoms with Gasteiger partial charge < -0.3 is 14.4 Å². The van der Waals surface area contributed by atoms with Crippen molar-refractivity contribution < 1.29 is 9.47 Å². The summed E-state index contributed by atoms with van der Waals surface area (Å²) >= 11 is 1.74. The Morgan fingerprint density at radius 3 is 2.36 bits per heavy atom. The van der Waals surface area contributed by atoms with E-state index in [-0.39, 0.29) is 0 Å². The van der Waals surface area contributed by atoms with Gasteiger partial charge in [0.15, 0.2) is 0 Å². The first-order valence-corrected chi connectivity index (χ1v) is 9.73. The van der Waals surface area contributed by atoms with Gasteiger partial charge in [-0.1, -0.05) is 0 Å². The van der Waals surface area contributed by atoms with Crippen molar-refractivity contribution in [3.05, 3.63) is 40.3 Å². The van der Waals surface area contributed by atoms with Crippen LogP contribution in [0.2, 0.25) is 0 Å². The lowest BCUT2D eigenvalue weighted by atomic mass is 10.2. The van der Waals surface area contributed by atoms with Crippen LogP contribution in [-0.2, 0) is 6.54 Å². The Morgan fingerprint density at radius 1 is 1.04 bits per heavy atom. The van der Waals surface area contributed by atoms with Crippen molar-refractivity contribution in [1.29, 1.82) is 0 Å². The first-order chi connectivity index (χ1) is 12.2. The number of hydrogen-bond donors (Lipinski definition) is 0. The molecule has 1 aromatic carbocycles. The number of ether oxygens (including phenoxy) is 2. The molecule has 6 heteroatoms. The predicted molar refractivity (Wildman–Crippen MR) is 102 cm³/mol. The van der Waals surface area contributed by atoms with Gasteiger partial charge in [-0.3, -0.25) is 4.90 Å². The van der Waals surface area contributed by atoms with E-state index in [0.717, 1.165) is 68.8 Å². The zero-order valence-corrected chi connectivity index (χ0v) is 15.9. The summed E-state index contributed by atoms with van der Waals surface area (Å²) in [4.78, 5) is 9.59. The van der Waals surface area contributed by atoms with E-state index >= 15 is 0 Å². The molecule has 0 aliphatic carbocycles. The minimum Gasteiger partial charge on any atom is -0.497 e. The number of thiazole rings is 1. The van der Waals surface area contributed by atoms with Gasteiger partial charge in [0.05, 0.1) is 24.4 Å². The Hall–Kier alpha value is -1.63. The zero-order chi connectivity index (χ0) is 17.5. The maximum absolute atomic E-state index is 5.80. The summed E-state index contributed by atoms with van der Waals surface area (Å²) in [6.45, 7) is 9.41. The fraction of sp³-hybridized carbons (Fsp3) is 0.526. The second-order valence-electron chi connectivity index (χ2n) is 6.35. The first-order valence-electron chi connectivity index (χ1n) is 8.85. The lowest BCUT2D eigenvalue weighted by Gasteiger charge is -2.34. The smallest absolute Gasteiger partial charge is 0.119 e. The Balaban J connectivity index is 1.29. The second kappa shape index (κ2) is 9.17. The van der Waals surface area contributed by atoms with Gasteiger partial charge in [0, 0.05) is 44.6 Å². The highest BCUT2D eigenvalue weighted by molar-refractivity contribution is 7.09. The standard InChI is InChI=1S/C19H27N3O2S/c1-16-20-17(15-25-16)14-22-11-9-21(10-12-22)8-3-13-24-19-6-4-18(23-2)5-7-19/h4-7,15H,3,8-14H2,1-2H3. The van der Waals surface area contributed by atoms with Gasteiger partial charge in [-0.15, -0.1) is 11.3 Å². The highest BCUT2D eigenvalue weighted by Gasteiger charge is 2.17. The van der Waals surface area contributed by atoms with Crippen molar-refractivity contribution in [1.82, 2.24) is 14.8 Å². The van der Waals surface area contributed by atoms with Crippen LogP contribution in [0.1, 0.15) is 17.1 Å². The van der Waals surface area contributed by atoms with Crippen molar-refractivity contribution in [3.8, 4) is 11.5 Å². The molecule has 1 aliphatic rings. The number of nitrogens with zero attached hydrogens (tertiary/aromatic N) is 3. The molecule has 1 aliphatic heterocycles. The molecule has 25 heavy (non-hydrogen) atoms. The number of rotatable bonds is 8. The second-order valence-corrected chi connectivity index (χ2v) is 7.42. The fourth-order valence-corrected chi connectivity index (χ4v) is 3.63. The first kappa shape index (κ1) is 18.2. The number of hydrogen-bond acceptors (Lipinski definition) is 6. The van der Waals surface area contributed by atoms with E-state index in [1.165, 1.54) is 5.69 Å². The average Bonchev–Trinajstić information content (AvgIpc) is 3.05. The van der Waals surface area contributed by atoms with Crippen LogP contribution in [0.5, 0.6) is 11.5 Å².